The summed E-state index contributed by atoms with van der Waals surface area (Å²) in [6.07, 6.45) is 0. The number of benzene rings is 7. The van der Waals surface area contributed by atoms with Gasteiger partial charge in [-0.05, 0) is 48.0 Å². The van der Waals surface area contributed by atoms with Crippen molar-refractivity contribution in [3.8, 4) is 39.5 Å². The van der Waals surface area contributed by atoms with Crippen molar-refractivity contribution in [3.05, 3.63) is 164 Å². The van der Waals surface area contributed by atoms with Crippen LogP contribution in [0.1, 0.15) is 0 Å². The summed E-state index contributed by atoms with van der Waals surface area (Å²) in [6, 6.07) is 58.1. The average molecular weight is 630 g/mol. The highest BCUT2D eigenvalue weighted by Crippen LogP contribution is 2.48. The van der Waals surface area contributed by atoms with Crippen LogP contribution in [0.15, 0.2) is 164 Å². The minimum absolute atomic E-state index is 0.932. The highest BCUT2D eigenvalue weighted by atomic mass is 32.1. The summed E-state index contributed by atoms with van der Waals surface area (Å²) in [5.41, 5.74) is 9.78. The highest BCUT2D eigenvalue weighted by molar-refractivity contribution is 7.26. The van der Waals surface area contributed by atoms with Crippen molar-refractivity contribution < 1.29 is 0 Å². The van der Waals surface area contributed by atoms with Crippen LogP contribution in [0.25, 0.3) is 92.3 Å². The minimum Gasteiger partial charge on any atom is -0.292 e. The molecule has 0 N–H and O–H groups in total. The number of pyridine rings is 1. The molecule has 3 heterocycles. The average Bonchev–Trinajstić information content (AvgIpc) is 3.74. The lowest BCUT2D eigenvalue weighted by Gasteiger charge is -2.15. The third-order valence-electron chi connectivity index (χ3n) is 9.39. The van der Waals surface area contributed by atoms with Crippen LogP contribution >= 0.6 is 11.3 Å². The molecule has 0 bridgehead atoms. The van der Waals surface area contributed by atoms with Gasteiger partial charge in [-0.2, -0.15) is 0 Å². The van der Waals surface area contributed by atoms with Gasteiger partial charge in [-0.3, -0.25) is 4.57 Å². The van der Waals surface area contributed by atoms with Crippen molar-refractivity contribution in [1.29, 1.82) is 0 Å². The second-order valence-corrected chi connectivity index (χ2v) is 13.2. The number of hydrogen-bond acceptors (Lipinski definition) is 3. The van der Waals surface area contributed by atoms with Crippen molar-refractivity contribution in [2.75, 3.05) is 0 Å². The summed E-state index contributed by atoms with van der Waals surface area (Å²) in [6.45, 7) is 0. The Morgan fingerprint density at radius 3 is 1.92 bits per heavy atom. The van der Waals surface area contributed by atoms with Crippen LogP contribution in [-0.4, -0.2) is 14.5 Å². The number of aromatic nitrogens is 3. The molecule has 48 heavy (non-hydrogen) atoms. The summed E-state index contributed by atoms with van der Waals surface area (Å²) in [7, 11) is 0. The van der Waals surface area contributed by atoms with E-state index < -0.39 is 0 Å². The van der Waals surface area contributed by atoms with Crippen molar-refractivity contribution in [1.82, 2.24) is 14.5 Å². The molecule has 0 radical (unpaired) electrons. The molecular weight excluding hydrogens is 603 g/mol. The van der Waals surface area contributed by atoms with Crippen LogP contribution in [0.2, 0.25) is 0 Å². The molecule has 7 aromatic carbocycles. The first-order chi connectivity index (χ1) is 23.8. The molecule has 4 heteroatoms. The largest absolute Gasteiger partial charge is 0.292 e. The third kappa shape index (κ3) is 4.13. The van der Waals surface area contributed by atoms with Crippen LogP contribution in [0.5, 0.6) is 0 Å². The molecule has 10 aromatic rings. The van der Waals surface area contributed by atoms with E-state index in [0.29, 0.717) is 0 Å². The van der Waals surface area contributed by atoms with Gasteiger partial charge < -0.3 is 0 Å². The molecule has 0 spiro atoms. The number of thiophene rings is 1. The maximum atomic E-state index is 5.29. The smallest absolute Gasteiger partial charge is 0.145 e. The molecule has 0 aliphatic rings. The number of hydrogen-bond donors (Lipinski definition) is 0. The molecule has 0 saturated heterocycles. The van der Waals surface area contributed by atoms with E-state index in [1.54, 1.807) is 0 Å². The normalized spacial score (nSPS) is 11.8. The molecule has 3 aromatic heterocycles. The molecule has 0 amide bonds. The minimum atomic E-state index is 0.932. The topological polar surface area (TPSA) is 30.7 Å². The maximum absolute atomic E-state index is 5.29. The fraction of sp³-hybridized carbons (Fsp3) is 0. The van der Waals surface area contributed by atoms with Crippen LogP contribution < -0.4 is 0 Å². The summed E-state index contributed by atoms with van der Waals surface area (Å²) in [5, 5.41) is 6.20. The van der Waals surface area contributed by atoms with Gasteiger partial charge in [0.2, 0.25) is 0 Å². The predicted molar refractivity (Wildman–Crippen MR) is 203 cm³/mol. The van der Waals surface area contributed by atoms with Crippen molar-refractivity contribution in [2.45, 2.75) is 0 Å². The fourth-order valence-electron chi connectivity index (χ4n) is 7.22. The zero-order valence-electron chi connectivity index (χ0n) is 25.8. The first-order valence-corrected chi connectivity index (χ1v) is 17.0. The van der Waals surface area contributed by atoms with Gasteiger partial charge in [0, 0.05) is 58.7 Å². The molecule has 0 saturated carbocycles. The molecule has 224 valence electrons. The summed E-state index contributed by atoms with van der Waals surface area (Å²) in [5.74, 6) is 0.932. The lowest BCUT2D eigenvalue weighted by molar-refractivity contribution is 1.10. The van der Waals surface area contributed by atoms with Crippen LogP contribution in [0.4, 0.5) is 0 Å². The Hall–Kier alpha value is -6.10. The van der Waals surface area contributed by atoms with Crippen molar-refractivity contribution in [2.24, 2.45) is 0 Å². The van der Waals surface area contributed by atoms with E-state index in [9.17, 15) is 0 Å². The molecule has 0 unspecified atom stereocenters. The van der Waals surface area contributed by atoms with Gasteiger partial charge in [-0.1, -0.05) is 121 Å². The lowest BCUT2D eigenvalue weighted by atomic mass is 9.92. The Morgan fingerprint density at radius 2 is 1.10 bits per heavy atom. The van der Waals surface area contributed by atoms with Crippen molar-refractivity contribution in [3.63, 3.8) is 0 Å². The molecule has 0 fully saturated rings. The van der Waals surface area contributed by atoms with Gasteiger partial charge in [-0.15, -0.1) is 11.3 Å². The van der Waals surface area contributed by atoms with Crippen LogP contribution in [-0.2, 0) is 0 Å². The van der Waals surface area contributed by atoms with Gasteiger partial charge in [0.05, 0.1) is 22.2 Å². The summed E-state index contributed by atoms with van der Waals surface area (Å²) < 4.78 is 4.84. The number of rotatable bonds is 4. The van der Waals surface area contributed by atoms with E-state index in [4.69, 9.17) is 9.97 Å². The predicted octanol–water partition coefficient (Wildman–Crippen LogP) is 12.1. The van der Waals surface area contributed by atoms with E-state index in [0.717, 1.165) is 44.9 Å². The number of para-hydroxylation sites is 4. The van der Waals surface area contributed by atoms with Crippen molar-refractivity contribution >= 4 is 64.2 Å². The Kier molecular flexibility index (Phi) is 6.05. The Bertz CT molecular complexity index is 2810. The summed E-state index contributed by atoms with van der Waals surface area (Å²) >= 11 is 1.87. The monoisotopic (exact) mass is 629 g/mol. The molecular formula is C44H27N3S. The van der Waals surface area contributed by atoms with E-state index in [1.807, 2.05) is 11.3 Å². The second-order valence-electron chi connectivity index (χ2n) is 12.2. The van der Waals surface area contributed by atoms with E-state index >= 15 is 0 Å². The Labute approximate surface area is 281 Å². The Balaban J connectivity index is 1.25. The van der Waals surface area contributed by atoms with E-state index in [2.05, 4.69) is 168 Å². The zero-order chi connectivity index (χ0) is 31.6. The van der Waals surface area contributed by atoms with Gasteiger partial charge in [0.25, 0.3) is 0 Å². The molecule has 0 atom stereocenters. The summed E-state index contributed by atoms with van der Waals surface area (Å²) in [4.78, 5) is 10.4. The fourth-order valence-corrected chi connectivity index (χ4v) is 8.46. The maximum Gasteiger partial charge on any atom is 0.145 e. The number of fused-ring (bicyclic) bond motifs is 8. The first-order valence-electron chi connectivity index (χ1n) is 16.2. The number of nitrogens with zero attached hydrogens (tertiary/aromatic N) is 3. The molecule has 0 aliphatic heterocycles. The SMILES string of the molecule is c1ccc(-c2nc3ccccc3c3c2cc(-c2ccc(-c4nc5ccccc5n4-c4ccccc4)cc2)c2sc4ccccc4c23)cc1. The lowest BCUT2D eigenvalue weighted by Crippen LogP contribution is -1.97. The van der Waals surface area contributed by atoms with Gasteiger partial charge in [-0.25, -0.2) is 9.97 Å². The standard InChI is InChI=1S/C44H27N3S/c1-3-13-29(14-4-1)42-35-27-34(43-41(33-18-8-12-22-39(33)48-43)40(35)32-17-7-9-19-36(32)45-42)28-23-25-30(26-24-28)44-46-37-20-10-11-21-38(37)47(44)31-15-5-2-6-16-31/h1-27H. The van der Waals surface area contributed by atoms with Crippen LogP contribution in [0.3, 0.4) is 0 Å². The molecule has 0 aliphatic carbocycles. The second kappa shape index (κ2) is 10.7. The Morgan fingerprint density at radius 1 is 0.458 bits per heavy atom. The van der Waals surface area contributed by atoms with E-state index in [-0.39, 0.29) is 0 Å². The molecule has 3 nitrogen and oxygen atoms in total. The first kappa shape index (κ1) is 27.1. The van der Waals surface area contributed by atoms with Gasteiger partial charge in [0.1, 0.15) is 5.82 Å². The highest BCUT2D eigenvalue weighted by Gasteiger charge is 2.21. The quantitative estimate of drug-likeness (QED) is 0.181. The van der Waals surface area contributed by atoms with E-state index in [1.165, 1.54) is 47.5 Å². The zero-order valence-corrected chi connectivity index (χ0v) is 26.7. The van der Waals surface area contributed by atoms with Crippen LogP contribution in [0, 0.1) is 0 Å². The van der Waals surface area contributed by atoms with Gasteiger partial charge >= 0.3 is 0 Å². The third-order valence-corrected chi connectivity index (χ3v) is 10.6. The molecule has 10 rings (SSSR count). The number of imidazole rings is 1. The van der Waals surface area contributed by atoms with Gasteiger partial charge in [0.15, 0.2) is 0 Å².